The van der Waals surface area contributed by atoms with Crippen LogP contribution in [0.2, 0.25) is 0 Å². The average molecular weight is 425 g/mol. The van der Waals surface area contributed by atoms with Crippen LogP contribution in [0.5, 0.6) is 5.75 Å². The maximum absolute atomic E-state index is 13.9. The van der Waals surface area contributed by atoms with Gasteiger partial charge in [-0.2, -0.15) is 0 Å². The zero-order chi connectivity index (χ0) is 22.1. The molecule has 3 aromatic rings. The van der Waals surface area contributed by atoms with Crippen molar-refractivity contribution in [2.24, 2.45) is 0 Å². The largest absolute Gasteiger partial charge is 0.497 e. The Bertz CT molecular complexity index is 1200. The average Bonchev–Trinajstić information content (AvgIpc) is 2.99. The molecule has 0 fully saturated rings. The molecular formula is C27H24N2O3. The molecule has 0 spiro atoms. The summed E-state index contributed by atoms with van der Waals surface area (Å²) in [4.78, 5) is 29.0. The van der Waals surface area contributed by atoms with Crippen molar-refractivity contribution in [2.75, 3.05) is 17.3 Å². The van der Waals surface area contributed by atoms with Crippen LogP contribution in [-0.4, -0.2) is 18.8 Å². The molecular weight excluding hydrogens is 400 g/mol. The van der Waals surface area contributed by atoms with Crippen LogP contribution < -0.4 is 15.0 Å². The predicted octanol–water partition coefficient (Wildman–Crippen LogP) is 5.52. The predicted molar refractivity (Wildman–Crippen MR) is 125 cm³/mol. The van der Waals surface area contributed by atoms with Crippen molar-refractivity contribution < 1.29 is 14.3 Å². The number of hydrogen-bond acceptors (Lipinski definition) is 4. The number of hydrogen-bond donors (Lipinski definition) is 1. The molecule has 5 rings (SSSR count). The molecule has 1 aliphatic carbocycles. The van der Waals surface area contributed by atoms with Gasteiger partial charge in [0.25, 0.3) is 5.91 Å². The van der Waals surface area contributed by atoms with Gasteiger partial charge in [0.05, 0.1) is 24.5 Å². The fourth-order valence-corrected chi connectivity index (χ4v) is 4.58. The van der Waals surface area contributed by atoms with Gasteiger partial charge >= 0.3 is 0 Å². The number of fused-ring (bicyclic) bond motifs is 1. The van der Waals surface area contributed by atoms with Gasteiger partial charge in [0.1, 0.15) is 5.75 Å². The number of anilines is 2. The first-order chi connectivity index (χ1) is 15.7. The summed E-state index contributed by atoms with van der Waals surface area (Å²) in [5, 5.41) is 3.49. The molecule has 1 amide bonds. The van der Waals surface area contributed by atoms with Gasteiger partial charge in [0.2, 0.25) is 0 Å². The van der Waals surface area contributed by atoms with E-state index in [0.29, 0.717) is 17.6 Å². The minimum absolute atomic E-state index is 0.0817. The van der Waals surface area contributed by atoms with Gasteiger partial charge in [0.15, 0.2) is 5.78 Å². The quantitative estimate of drug-likeness (QED) is 0.602. The molecule has 0 bridgehead atoms. The first-order valence-electron chi connectivity index (χ1n) is 10.8. The van der Waals surface area contributed by atoms with Crippen LogP contribution in [0, 0.1) is 0 Å². The number of benzene rings is 3. The normalized spacial score (nSPS) is 17.7. The second-order valence-corrected chi connectivity index (χ2v) is 8.03. The van der Waals surface area contributed by atoms with E-state index >= 15 is 0 Å². The van der Waals surface area contributed by atoms with Gasteiger partial charge in [-0.15, -0.1) is 0 Å². The highest BCUT2D eigenvalue weighted by Crippen LogP contribution is 2.45. The molecule has 0 saturated heterocycles. The van der Waals surface area contributed by atoms with Gasteiger partial charge in [-0.05, 0) is 54.8 Å². The van der Waals surface area contributed by atoms with Gasteiger partial charge in [0, 0.05) is 23.3 Å². The molecule has 1 unspecified atom stereocenters. The number of rotatable bonds is 3. The molecule has 0 radical (unpaired) electrons. The summed E-state index contributed by atoms with van der Waals surface area (Å²) in [5.74, 6) is 0.664. The Morgan fingerprint density at radius 2 is 1.66 bits per heavy atom. The minimum atomic E-state index is -0.535. The van der Waals surface area contributed by atoms with Gasteiger partial charge in [-0.1, -0.05) is 42.5 Å². The van der Waals surface area contributed by atoms with Gasteiger partial charge in [-0.3, -0.25) is 14.5 Å². The Labute approximate surface area is 187 Å². The molecule has 160 valence electrons. The SMILES string of the molecule is COc1ccc(C2C3=C(CCCC3=O)Nc3ccccc3N2C(=O)c2ccccc2)cc1. The molecule has 1 atom stereocenters. The lowest BCUT2D eigenvalue weighted by Gasteiger charge is -2.34. The highest BCUT2D eigenvalue weighted by molar-refractivity contribution is 6.11. The van der Waals surface area contributed by atoms with Crippen molar-refractivity contribution in [2.45, 2.75) is 25.3 Å². The topological polar surface area (TPSA) is 58.6 Å². The number of Topliss-reactive ketones (excluding diaryl/α,β-unsaturated/α-hetero) is 1. The van der Waals surface area contributed by atoms with E-state index in [2.05, 4.69) is 5.32 Å². The number of carbonyl (C=O) groups is 2. The van der Waals surface area contributed by atoms with Gasteiger partial charge < -0.3 is 10.1 Å². The number of nitrogens with zero attached hydrogens (tertiary/aromatic N) is 1. The number of amides is 1. The van der Waals surface area contributed by atoms with E-state index in [4.69, 9.17) is 4.74 Å². The van der Waals surface area contributed by atoms with Crippen molar-refractivity contribution in [1.29, 1.82) is 0 Å². The lowest BCUT2D eigenvalue weighted by atomic mass is 9.85. The number of ketones is 1. The van der Waals surface area contributed by atoms with Crippen LogP contribution in [0.1, 0.15) is 41.2 Å². The summed E-state index contributed by atoms with van der Waals surface area (Å²) in [5.41, 5.74) is 4.60. The molecule has 2 aliphatic rings. The first-order valence-corrected chi connectivity index (χ1v) is 10.8. The summed E-state index contributed by atoms with van der Waals surface area (Å²) in [6, 6.07) is 24.1. The Balaban J connectivity index is 1.76. The molecule has 1 aliphatic heterocycles. The third-order valence-electron chi connectivity index (χ3n) is 6.11. The minimum Gasteiger partial charge on any atom is -0.497 e. The zero-order valence-electron chi connectivity index (χ0n) is 17.9. The molecule has 5 heteroatoms. The molecule has 32 heavy (non-hydrogen) atoms. The van der Waals surface area contributed by atoms with E-state index in [1.54, 1.807) is 12.0 Å². The molecule has 1 heterocycles. The van der Waals surface area contributed by atoms with Crippen LogP contribution in [0.15, 0.2) is 90.1 Å². The number of para-hydroxylation sites is 2. The van der Waals surface area contributed by atoms with Gasteiger partial charge in [-0.25, -0.2) is 0 Å². The third-order valence-corrected chi connectivity index (χ3v) is 6.11. The highest BCUT2D eigenvalue weighted by Gasteiger charge is 2.39. The third kappa shape index (κ3) is 3.46. The smallest absolute Gasteiger partial charge is 0.259 e. The Kier molecular flexibility index (Phi) is 5.23. The molecule has 1 N–H and O–H groups in total. The lowest BCUT2D eigenvalue weighted by Crippen LogP contribution is -2.38. The van der Waals surface area contributed by atoms with Crippen LogP contribution in [-0.2, 0) is 4.79 Å². The number of methoxy groups -OCH3 is 1. The van der Waals surface area contributed by atoms with Crippen LogP contribution in [0.25, 0.3) is 0 Å². The molecule has 5 nitrogen and oxygen atoms in total. The van der Waals surface area contributed by atoms with E-state index in [1.165, 1.54) is 0 Å². The van der Waals surface area contributed by atoms with Crippen molar-refractivity contribution in [3.8, 4) is 5.75 Å². The number of ether oxygens (including phenoxy) is 1. The summed E-state index contributed by atoms with van der Waals surface area (Å²) >= 11 is 0. The van der Waals surface area contributed by atoms with Crippen molar-refractivity contribution in [3.05, 3.63) is 101 Å². The summed E-state index contributed by atoms with van der Waals surface area (Å²) in [7, 11) is 1.62. The van der Waals surface area contributed by atoms with Crippen LogP contribution in [0.3, 0.4) is 0 Å². The molecule has 3 aromatic carbocycles. The Morgan fingerprint density at radius 3 is 2.41 bits per heavy atom. The highest BCUT2D eigenvalue weighted by atomic mass is 16.5. The number of nitrogens with one attached hydrogen (secondary N) is 1. The van der Waals surface area contributed by atoms with E-state index in [-0.39, 0.29) is 11.7 Å². The van der Waals surface area contributed by atoms with E-state index in [1.807, 2.05) is 78.9 Å². The van der Waals surface area contributed by atoms with Crippen LogP contribution in [0.4, 0.5) is 11.4 Å². The summed E-state index contributed by atoms with van der Waals surface area (Å²) in [6.45, 7) is 0. The fourth-order valence-electron chi connectivity index (χ4n) is 4.58. The van der Waals surface area contributed by atoms with Crippen molar-refractivity contribution in [1.82, 2.24) is 0 Å². The summed E-state index contributed by atoms with van der Waals surface area (Å²) in [6.07, 6.45) is 2.06. The Hall–Kier alpha value is -3.86. The standard InChI is InChI=1S/C27H24N2O3/c1-32-20-16-14-18(15-17-20)26-25-22(11-7-13-24(25)30)28-21-10-5-6-12-23(21)29(26)27(31)19-8-3-2-4-9-19/h2-6,8-10,12,14-17,26,28H,7,11,13H2,1H3. The van der Waals surface area contributed by atoms with Crippen molar-refractivity contribution >= 4 is 23.1 Å². The zero-order valence-corrected chi connectivity index (χ0v) is 17.9. The van der Waals surface area contributed by atoms with E-state index in [9.17, 15) is 9.59 Å². The molecule has 0 saturated carbocycles. The lowest BCUT2D eigenvalue weighted by molar-refractivity contribution is -0.116. The second-order valence-electron chi connectivity index (χ2n) is 8.03. The number of allylic oxidation sites excluding steroid dienone is 1. The monoisotopic (exact) mass is 424 g/mol. The molecule has 0 aromatic heterocycles. The number of carbonyl (C=O) groups excluding carboxylic acids is 2. The maximum atomic E-state index is 13.9. The van der Waals surface area contributed by atoms with E-state index in [0.717, 1.165) is 41.2 Å². The fraction of sp³-hybridized carbons (Fsp3) is 0.185. The Morgan fingerprint density at radius 1 is 0.938 bits per heavy atom. The first kappa shape index (κ1) is 20.1. The van der Waals surface area contributed by atoms with Crippen molar-refractivity contribution in [3.63, 3.8) is 0 Å². The summed E-state index contributed by atoms with van der Waals surface area (Å²) < 4.78 is 5.34. The van der Waals surface area contributed by atoms with E-state index < -0.39 is 6.04 Å². The van der Waals surface area contributed by atoms with Crippen LogP contribution >= 0.6 is 0 Å². The second kappa shape index (κ2) is 8.35. The maximum Gasteiger partial charge on any atom is 0.259 e.